The molecule has 0 aromatic rings. The number of carbonyl (C=O) groups excluding carboxylic acids is 2. The Hall–Kier alpha value is -1.48. The lowest BCUT2D eigenvalue weighted by Gasteiger charge is -2.28. The summed E-state index contributed by atoms with van der Waals surface area (Å²) in [6, 6.07) is 0.440. The van der Waals surface area contributed by atoms with Crippen LogP contribution < -0.4 is 16.4 Å². The largest absolute Gasteiger partial charge is 0.481 e. The quantitative estimate of drug-likeness (QED) is 0.0709. The van der Waals surface area contributed by atoms with Crippen LogP contribution in [0.15, 0.2) is 0 Å². The minimum Gasteiger partial charge on any atom is -0.481 e. The van der Waals surface area contributed by atoms with E-state index in [0.29, 0.717) is 5.25 Å². The summed E-state index contributed by atoms with van der Waals surface area (Å²) in [4.78, 5) is 31.6. The lowest BCUT2D eigenvalue weighted by atomic mass is 10.00. The standard InChI is InChI=1S/C10H16N2O3S.C6H13NO6/c13-8(14)4-2-1-3-7-9-6(5-16-7)11-10(15)12-9;7-6(13,2-9)5(12)4(11)3(10)1-8/h6-7,9H,1-5H2,(H,13,14)(H2,11,12,15);2-5,8,10-13H,1,7H2/t6-,7-,9-;3-,4-,5+,6-/m01/s1. The molecule has 2 rings (SSSR count). The molecule has 7 atom stereocenters. The number of aldehydes is 1. The van der Waals surface area contributed by atoms with Crippen LogP contribution in [0.5, 0.6) is 0 Å². The van der Waals surface area contributed by atoms with Gasteiger partial charge in [0.15, 0.2) is 12.0 Å². The Balaban J connectivity index is 0.000000298. The van der Waals surface area contributed by atoms with Crippen molar-refractivity contribution in [1.82, 2.24) is 10.6 Å². The summed E-state index contributed by atoms with van der Waals surface area (Å²) < 4.78 is 0. The zero-order valence-corrected chi connectivity index (χ0v) is 16.5. The molecule has 10 N–H and O–H groups in total. The van der Waals surface area contributed by atoms with E-state index in [0.717, 1.165) is 25.0 Å². The molecule has 29 heavy (non-hydrogen) atoms. The zero-order valence-electron chi connectivity index (χ0n) is 15.7. The lowest BCUT2D eigenvalue weighted by molar-refractivity contribution is -0.163. The van der Waals surface area contributed by atoms with E-state index < -0.39 is 36.6 Å². The summed E-state index contributed by atoms with van der Waals surface area (Å²) in [5.74, 6) is 0.236. The van der Waals surface area contributed by atoms with Crippen LogP contribution >= 0.6 is 11.8 Å². The third-order valence-corrected chi connectivity index (χ3v) is 6.14. The number of aliphatic hydroxyl groups excluding tert-OH is 4. The highest BCUT2D eigenvalue weighted by Crippen LogP contribution is 2.33. The number of hydrogen-bond acceptors (Lipinski definition) is 10. The molecule has 168 valence electrons. The summed E-state index contributed by atoms with van der Waals surface area (Å²) >= 11 is 1.87. The van der Waals surface area contributed by atoms with Crippen LogP contribution in [0.1, 0.15) is 25.7 Å². The van der Waals surface area contributed by atoms with Crippen LogP contribution in [0.2, 0.25) is 0 Å². The van der Waals surface area contributed by atoms with E-state index in [4.69, 9.17) is 36.4 Å². The molecule has 0 saturated carbocycles. The maximum Gasteiger partial charge on any atom is 0.315 e. The van der Waals surface area contributed by atoms with Gasteiger partial charge in [-0.25, -0.2) is 4.79 Å². The van der Waals surface area contributed by atoms with E-state index in [-0.39, 0.29) is 30.8 Å². The number of urea groups is 1. The molecule has 2 heterocycles. The van der Waals surface area contributed by atoms with E-state index in [2.05, 4.69) is 10.6 Å². The van der Waals surface area contributed by atoms with E-state index in [1.54, 1.807) is 0 Å². The number of thioether (sulfide) groups is 1. The van der Waals surface area contributed by atoms with Crippen molar-refractivity contribution < 1.29 is 45.0 Å². The first kappa shape index (κ1) is 25.6. The lowest BCUT2D eigenvalue weighted by Crippen LogP contribution is -2.60. The fourth-order valence-corrected chi connectivity index (χ4v) is 4.47. The van der Waals surface area contributed by atoms with Gasteiger partial charge in [-0.05, 0) is 12.8 Å². The number of aliphatic carboxylic acids is 1. The Labute approximate surface area is 171 Å². The summed E-state index contributed by atoms with van der Waals surface area (Å²) in [5.41, 5.74) is 2.19. The minimum atomic E-state index is -2.64. The molecule has 12 nitrogen and oxygen atoms in total. The van der Waals surface area contributed by atoms with Crippen molar-refractivity contribution in [3.63, 3.8) is 0 Å². The molecular formula is C16H29N3O9S. The van der Waals surface area contributed by atoms with Gasteiger partial charge in [0.1, 0.15) is 18.3 Å². The highest BCUT2D eigenvalue weighted by Gasteiger charge is 2.42. The van der Waals surface area contributed by atoms with Crippen LogP contribution in [0.4, 0.5) is 4.79 Å². The number of amides is 2. The summed E-state index contributed by atoms with van der Waals surface area (Å²) in [7, 11) is 0. The number of aliphatic hydroxyl groups is 5. The highest BCUT2D eigenvalue weighted by molar-refractivity contribution is 8.00. The van der Waals surface area contributed by atoms with E-state index in [9.17, 15) is 14.4 Å². The Morgan fingerprint density at radius 3 is 2.52 bits per heavy atom. The van der Waals surface area contributed by atoms with Gasteiger partial charge in [-0.1, -0.05) is 6.42 Å². The molecule has 0 aromatic carbocycles. The molecule has 0 unspecified atom stereocenters. The Morgan fingerprint density at radius 1 is 1.31 bits per heavy atom. The molecule has 13 heteroatoms. The van der Waals surface area contributed by atoms with Crippen molar-refractivity contribution in [3.8, 4) is 0 Å². The third kappa shape index (κ3) is 7.70. The van der Waals surface area contributed by atoms with Crippen molar-refractivity contribution >= 4 is 30.0 Å². The predicted molar refractivity (Wildman–Crippen MR) is 102 cm³/mol. The summed E-state index contributed by atoms with van der Waals surface area (Å²) in [6.07, 6.45) is -2.93. The maximum atomic E-state index is 11.1. The number of carboxylic acid groups (broad SMARTS) is 1. The first-order valence-corrected chi connectivity index (χ1v) is 10.1. The highest BCUT2D eigenvalue weighted by atomic mass is 32.2. The number of fused-ring (bicyclic) bond motifs is 1. The average Bonchev–Trinajstić information content (AvgIpc) is 3.23. The van der Waals surface area contributed by atoms with Crippen molar-refractivity contribution in [2.45, 2.75) is 67.1 Å². The number of rotatable bonds is 10. The zero-order chi connectivity index (χ0) is 22.2. The molecule has 0 aromatic heterocycles. The maximum absolute atomic E-state index is 11.1. The van der Waals surface area contributed by atoms with Gasteiger partial charge in [0.25, 0.3) is 0 Å². The average molecular weight is 439 g/mol. The Morgan fingerprint density at radius 2 is 1.97 bits per heavy atom. The second-order valence-electron chi connectivity index (χ2n) is 6.95. The molecule has 2 aliphatic heterocycles. The molecule has 2 amide bonds. The number of nitrogens with one attached hydrogen (secondary N) is 2. The molecule has 0 radical (unpaired) electrons. The monoisotopic (exact) mass is 439 g/mol. The molecule has 2 saturated heterocycles. The molecule has 0 aliphatic carbocycles. The fourth-order valence-electron chi connectivity index (χ4n) is 2.93. The molecule has 2 fully saturated rings. The van der Waals surface area contributed by atoms with Crippen LogP contribution in [0, 0.1) is 0 Å². The second-order valence-corrected chi connectivity index (χ2v) is 8.22. The minimum absolute atomic E-state index is 0.0640. The molecule has 0 bridgehead atoms. The van der Waals surface area contributed by atoms with Crippen LogP contribution in [0.3, 0.4) is 0 Å². The van der Waals surface area contributed by atoms with Crippen molar-refractivity contribution in [2.24, 2.45) is 5.73 Å². The number of unbranched alkanes of at least 4 members (excludes halogenated alkanes) is 1. The van der Waals surface area contributed by atoms with E-state index in [1.165, 1.54) is 0 Å². The summed E-state index contributed by atoms with van der Waals surface area (Å²) in [5, 5.41) is 58.9. The van der Waals surface area contributed by atoms with E-state index in [1.807, 2.05) is 11.8 Å². The van der Waals surface area contributed by atoms with Gasteiger partial charge in [-0.3, -0.25) is 15.3 Å². The molecule has 2 aliphatic rings. The van der Waals surface area contributed by atoms with Crippen molar-refractivity contribution in [1.29, 1.82) is 0 Å². The van der Waals surface area contributed by atoms with Crippen LogP contribution in [-0.2, 0) is 9.59 Å². The van der Waals surface area contributed by atoms with Gasteiger partial charge in [0.05, 0.1) is 18.7 Å². The molecule has 0 spiro atoms. The number of hydrogen-bond donors (Lipinski definition) is 9. The van der Waals surface area contributed by atoms with Gasteiger partial charge >= 0.3 is 12.0 Å². The second kappa shape index (κ2) is 11.6. The van der Waals surface area contributed by atoms with E-state index >= 15 is 0 Å². The Bertz CT molecular complexity index is 566. The van der Waals surface area contributed by atoms with Gasteiger partial charge in [-0.15, -0.1) is 0 Å². The van der Waals surface area contributed by atoms with Crippen molar-refractivity contribution in [2.75, 3.05) is 12.4 Å². The van der Waals surface area contributed by atoms with Gasteiger partial charge < -0.3 is 41.3 Å². The van der Waals surface area contributed by atoms with Gasteiger partial charge in [0, 0.05) is 17.4 Å². The summed E-state index contributed by atoms with van der Waals surface area (Å²) in [6.45, 7) is -0.826. The first-order chi connectivity index (χ1) is 13.5. The predicted octanol–water partition coefficient (Wildman–Crippen LogP) is -3.30. The number of carbonyl (C=O) groups is 3. The number of nitrogens with two attached hydrogens (primary N) is 1. The van der Waals surface area contributed by atoms with Gasteiger partial charge in [-0.2, -0.15) is 11.8 Å². The normalized spacial score (nSPS) is 27.9. The SMILES string of the molecule is N[C@@](O)(C=O)[C@@H](O)[C@H](O)[C@H](O)CO.O=C(O)CCCC[C@@H]1SC[C@@H]2NC(=O)N[C@@H]21. The Kier molecular flexibility index (Phi) is 10.3. The fraction of sp³-hybridized carbons (Fsp3) is 0.812. The smallest absolute Gasteiger partial charge is 0.315 e. The van der Waals surface area contributed by atoms with Gasteiger partial charge in [0.2, 0.25) is 0 Å². The number of carboxylic acids is 1. The van der Waals surface area contributed by atoms with Crippen LogP contribution in [-0.4, -0.2) is 103 Å². The van der Waals surface area contributed by atoms with Crippen LogP contribution in [0.25, 0.3) is 0 Å². The topological polar surface area (TPSA) is 223 Å². The third-order valence-electron chi connectivity index (χ3n) is 4.63. The molecular weight excluding hydrogens is 410 g/mol. The first-order valence-electron chi connectivity index (χ1n) is 9.06. The van der Waals surface area contributed by atoms with Crippen molar-refractivity contribution in [3.05, 3.63) is 0 Å².